The summed E-state index contributed by atoms with van der Waals surface area (Å²) in [5, 5.41) is 2.59. The molecular weight excluding hydrogens is 268 g/mol. The third-order valence-electron chi connectivity index (χ3n) is 3.52. The predicted octanol–water partition coefficient (Wildman–Crippen LogP) is 0.0567. The highest BCUT2D eigenvalue weighted by Crippen LogP contribution is 2.26. The maximum absolute atomic E-state index is 12.2. The zero-order chi connectivity index (χ0) is 14.5. The molecule has 1 aliphatic rings. The number of rotatable bonds is 7. The minimum absolute atomic E-state index is 0.0682. The molecule has 1 aliphatic heterocycles. The van der Waals surface area contributed by atoms with Gasteiger partial charge in [-0.3, -0.25) is 4.79 Å². The smallest absolute Gasteiger partial charge is 0.224 e. The highest BCUT2D eigenvalue weighted by molar-refractivity contribution is 7.89. The van der Waals surface area contributed by atoms with Gasteiger partial charge in [0.2, 0.25) is 15.9 Å². The largest absolute Gasteiger partial charge is 0.384 e. The Kier molecular flexibility index (Phi) is 6.22. The van der Waals surface area contributed by atoms with Gasteiger partial charge in [-0.15, -0.1) is 0 Å². The lowest BCUT2D eigenvalue weighted by Crippen LogP contribution is -2.35. The Morgan fingerprint density at radius 2 is 2.11 bits per heavy atom. The summed E-state index contributed by atoms with van der Waals surface area (Å²) >= 11 is 0. The number of hydrogen-bond donors (Lipinski definition) is 1. The average Bonchev–Trinajstić information content (AvgIpc) is 2.81. The Morgan fingerprint density at radius 1 is 1.42 bits per heavy atom. The van der Waals surface area contributed by atoms with Gasteiger partial charge in [-0.1, -0.05) is 13.3 Å². The molecule has 1 fully saturated rings. The van der Waals surface area contributed by atoms with Crippen LogP contribution in [0, 0.1) is 11.8 Å². The summed E-state index contributed by atoms with van der Waals surface area (Å²) in [6, 6.07) is 0. The topological polar surface area (TPSA) is 75.7 Å². The van der Waals surface area contributed by atoms with Crippen LogP contribution in [0.1, 0.15) is 19.8 Å². The number of sulfonamides is 1. The predicted molar refractivity (Wildman–Crippen MR) is 73.2 cm³/mol. The van der Waals surface area contributed by atoms with Crippen LogP contribution >= 0.6 is 0 Å². The van der Waals surface area contributed by atoms with Crippen molar-refractivity contribution in [2.24, 2.45) is 11.8 Å². The van der Waals surface area contributed by atoms with Crippen molar-refractivity contribution < 1.29 is 17.9 Å². The number of nitrogens with zero attached hydrogens (tertiary/aromatic N) is 1. The molecular formula is C12H24N2O4S. The lowest BCUT2D eigenvalue weighted by Gasteiger charge is -2.15. The van der Waals surface area contributed by atoms with Crippen molar-refractivity contribution in [2.45, 2.75) is 19.8 Å². The number of carbonyl (C=O) groups excluding carboxylic acids is 1. The molecule has 0 bridgehead atoms. The fourth-order valence-electron chi connectivity index (χ4n) is 2.38. The van der Waals surface area contributed by atoms with Gasteiger partial charge in [0.1, 0.15) is 0 Å². The summed E-state index contributed by atoms with van der Waals surface area (Å²) in [6.45, 7) is 3.00. The molecule has 0 aromatic heterocycles. The standard InChI is InChI=1S/C12H24N2O4S/c1-4-5-6-19(16,17)14-7-10(9-18-3)11(8-14)12(15)13-2/h10-11H,4-9H2,1-3H3,(H,13,15). The van der Waals surface area contributed by atoms with E-state index in [9.17, 15) is 13.2 Å². The van der Waals surface area contributed by atoms with Gasteiger partial charge in [-0.2, -0.15) is 0 Å². The first-order valence-corrected chi connectivity index (χ1v) is 8.25. The van der Waals surface area contributed by atoms with Gasteiger partial charge < -0.3 is 10.1 Å². The Morgan fingerprint density at radius 3 is 2.63 bits per heavy atom. The van der Waals surface area contributed by atoms with Crippen LogP contribution in [0.5, 0.6) is 0 Å². The van der Waals surface area contributed by atoms with E-state index >= 15 is 0 Å². The van der Waals surface area contributed by atoms with Crippen molar-refractivity contribution in [2.75, 3.05) is 39.6 Å². The first-order valence-electron chi connectivity index (χ1n) is 6.64. The van der Waals surface area contributed by atoms with Crippen molar-refractivity contribution >= 4 is 15.9 Å². The Bertz CT molecular complexity index is 397. The molecule has 0 aromatic carbocycles. The zero-order valence-electron chi connectivity index (χ0n) is 11.9. The summed E-state index contributed by atoms with van der Waals surface area (Å²) in [7, 11) is -0.116. The minimum atomic E-state index is -3.25. The third-order valence-corrected chi connectivity index (χ3v) is 5.41. The average molecular weight is 292 g/mol. The molecule has 6 nitrogen and oxygen atoms in total. The second kappa shape index (κ2) is 7.21. The van der Waals surface area contributed by atoms with Crippen molar-refractivity contribution in [1.29, 1.82) is 0 Å². The molecule has 1 N–H and O–H groups in total. The minimum Gasteiger partial charge on any atom is -0.384 e. The lowest BCUT2D eigenvalue weighted by atomic mass is 9.96. The lowest BCUT2D eigenvalue weighted by molar-refractivity contribution is -0.125. The zero-order valence-corrected chi connectivity index (χ0v) is 12.7. The molecule has 1 rings (SSSR count). The van der Waals surface area contributed by atoms with Crippen LogP contribution in [0.25, 0.3) is 0 Å². The van der Waals surface area contributed by atoms with E-state index in [1.807, 2.05) is 6.92 Å². The fraction of sp³-hybridized carbons (Fsp3) is 0.917. The van der Waals surface area contributed by atoms with E-state index in [0.717, 1.165) is 6.42 Å². The number of methoxy groups -OCH3 is 1. The molecule has 1 saturated heterocycles. The molecule has 19 heavy (non-hydrogen) atoms. The van der Waals surface area contributed by atoms with Gasteiger partial charge >= 0.3 is 0 Å². The first kappa shape index (κ1) is 16.4. The Hall–Kier alpha value is -0.660. The second-order valence-electron chi connectivity index (χ2n) is 4.92. The molecule has 0 saturated carbocycles. The molecule has 2 atom stereocenters. The van der Waals surface area contributed by atoms with Crippen LogP contribution in [0.15, 0.2) is 0 Å². The van der Waals surface area contributed by atoms with Gasteiger partial charge in [0.25, 0.3) is 0 Å². The Labute approximate surface area is 115 Å². The molecule has 2 unspecified atom stereocenters. The fourth-order valence-corrected chi connectivity index (χ4v) is 4.10. The van der Waals surface area contributed by atoms with Crippen LogP contribution in [-0.2, 0) is 19.6 Å². The Balaban J connectivity index is 2.76. The van der Waals surface area contributed by atoms with E-state index in [0.29, 0.717) is 19.6 Å². The van der Waals surface area contributed by atoms with Crippen molar-refractivity contribution in [3.05, 3.63) is 0 Å². The van der Waals surface area contributed by atoms with Gasteiger partial charge in [0.15, 0.2) is 0 Å². The summed E-state index contributed by atoms with van der Waals surface area (Å²) in [6.07, 6.45) is 1.49. The quantitative estimate of drug-likeness (QED) is 0.720. The highest BCUT2D eigenvalue weighted by atomic mass is 32.2. The maximum Gasteiger partial charge on any atom is 0.224 e. The normalized spacial score (nSPS) is 24.6. The molecule has 7 heteroatoms. The van der Waals surface area contributed by atoms with E-state index in [2.05, 4.69) is 5.32 Å². The van der Waals surface area contributed by atoms with Gasteiger partial charge in [-0.25, -0.2) is 12.7 Å². The van der Waals surface area contributed by atoms with Crippen LogP contribution in [-0.4, -0.2) is 58.2 Å². The molecule has 112 valence electrons. The van der Waals surface area contributed by atoms with Crippen molar-refractivity contribution in [3.63, 3.8) is 0 Å². The van der Waals surface area contributed by atoms with Crippen LogP contribution in [0.2, 0.25) is 0 Å². The number of hydrogen-bond acceptors (Lipinski definition) is 4. The SMILES string of the molecule is CCCCS(=O)(=O)N1CC(COC)C(C(=O)NC)C1. The second-order valence-corrected chi connectivity index (χ2v) is 7.01. The van der Waals surface area contributed by atoms with Crippen LogP contribution in [0.4, 0.5) is 0 Å². The van der Waals surface area contributed by atoms with Crippen molar-refractivity contribution in [1.82, 2.24) is 9.62 Å². The number of ether oxygens (including phenoxy) is 1. The molecule has 0 aromatic rings. The van der Waals surface area contributed by atoms with Crippen LogP contribution in [0.3, 0.4) is 0 Å². The molecule has 0 spiro atoms. The third kappa shape index (κ3) is 4.15. The summed E-state index contributed by atoms with van der Waals surface area (Å²) in [4.78, 5) is 11.8. The number of nitrogens with one attached hydrogen (secondary N) is 1. The first-order chi connectivity index (χ1) is 8.96. The van der Waals surface area contributed by atoms with Gasteiger partial charge in [0, 0.05) is 33.2 Å². The number of carbonyl (C=O) groups is 1. The number of amides is 1. The molecule has 1 amide bonds. The molecule has 0 radical (unpaired) electrons. The van der Waals surface area contributed by atoms with E-state index < -0.39 is 10.0 Å². The maximum atomic E-state index is 12.2. The summed E-state index contributed by atoms with van der Waals surface area (Å²) < 4.78 is 30.8. The van der Waals surface area contributed by atoms with E-state index in [1.165, 1.54) is 4.31 Å². The van der Waals surface area contributed by atoms with E-state index in [1.54, 1.807) is 14.2 Å². The van der Waals surface area contributed by atoms with Crippen molar-refractivity contribution in [3.8, 4) is 0 Å². The molecule has 0 aliphatic carbocycles. The summed E-state index contributed by atoms with van der Waals surface area (Å²) in [5.74, 6) is -0.345. The number of unbranched alkanes of at least 4 members (excludes halogenated alkanes) is 1. The van der Waals surface area contributed by atoms with Gasteiger partial charge in [0.05, 0.1) is 18.3 Å². The molecule has 1 heterocycles. The van der Waals surface area contributed by atoms with E-state index in [-0.39, 0.29) is 30.0 Å². The monoisotopic (exact) mass is 292 g/mol. The van der Waals surface area contributed by atoms with Gasteiger partial charge in [-0.05, 0) is 6.42 Å². The van der Waals surface area contributed by atoms with Crippen LogP contribution < -0.4 is 5.32 Å². The van der Waals surface area contributed by atoms with E-state index in [4.69, 9.17) is 4.74 Å². The summed E-state index contributed by atoms with van der Waals surface area (Å²) in [5.41, 5.74) is 0. The highest BCUT2D eigenvalue weighted by Gasteiger charge is 2.41.